The molecular weight excluding hydrogens is 274 g/mol. The van der Waals surface area contributed by atoms with Gasteiger partial charge < -0.3 is 14.3 Å². The van der Waals surface area contributed by atoms with Crippen LogP contribution in [-0.4, -0.2) is 59.8 Å². The molecule has 1 aliphatic heterocycles. The van der Waals surface area contributed by atoms with Gasteiger partial charge in [0, 0.05) is 31.0 Å². The van der Waals surface area contributed by atoms with Gasteiger partial charge >= 0.3 is 0 Å². The monoisotopic (exact) mass is 297 g/mol. The van der Waals surface area contributed by atoms with E-state index >= 15 is 0 Å². The first kappa shape index (κ1) is 15.4. The Labute approximate surface area is 124 Å². The third-order valence-corrected chi connectivity index (χ3v) is 4.67. The lowest BCUT2D eigenvalue weighted by Gasteiger charge is -2.20. The van der Waals surface area contributed by atoms with Gasteiger partial charge in [0.2, 0.25) is 5.91 Å². The molecule has 1 aromatic heterocycles. The fourth-order valence-corrected chi connectivity index (χ4v) is 3.41. The van der Waals surface area contributed by atoms with E-state index in [4.69, 9.17) is 4.52 Å². The molecule has 0 N–H and O–H groups in total. The molecule has 0 unspecified atom stereocenters. The lowest BCUT2D eigenvalue weighted by atomic mass is 10.2. The Morgan fingerprint density at radius 3 is 2.80 bits per heavy atom. The van der Waals surface area contributed by atoms with Gasteiger partial charge in [0.05, 0.1) is 11.4 Å². The summed E-state index contributed by atoms with van der Waals surface area (Å²) in [5.74, 6) is 2.44. The van der Waals surface area contributed by atoms with Crippen LogP contribution < -0.4 is 0 Å². The van der Waals surface area contributed by atoms with E-state index in [0.717, 1.165) is 55.4 Å². The van der Waals surface area contributed by atoms with Crippen LogP contribution in [0, 0.1) is 13.8 Å². The molecule has 20 heavy (non-hydrogen) atoms. The summed E-state index contributed by atoms with van der Waals surface area (Å²) < 4.78 is 5.13. The largest absolute Gasteiger partial charge is 0.361 e. The average molecular weight is 297 g/mol. The summed E-state index contributed by atoms with van der Waals surface area (Å²) in [5, 5.41) is 3.94. The highest BCUT2D eigenvalue weighted by molar-refractivity contribution is 7.99. The van der Waals surface area contributed by atoms with Gasteiger partial charge in [-0.3, -0.25) is 4.79 Å². The summed E-state index contributed by atoms with van der Waals surface area (Å²) in [6.45, 7) is 7.65. The van der Waals surface area contributed by atoms with E-state index in [-0.39, 0.29) is 5.91 Å². The van der Waals surface area contributed by atoms with Crippen molar-refractivity contribution in [2.24, 2.45) is 0 Å². The van der Waals surface area contributed by atoms with E-state index in [1.807, 2.05) is 18.7 Å². The number of thioether (sulfide) groups is 1. The van der Waals surface area contributed by atoms with Crippen molar-refractivity contribution in [3.63, 3.8) is 0 Å². The van der Waals surface area contributed by atoms with Crippen LogP contribution in [0.2, 0.25) is 0 Å². The van der Waals surface area contributed by atoms with Crippen molar-refractivity contribution in [2.75, 3.05) is 39.0 Å². The van der Waals surface area contributed by atoms with E-state index in [0.29, 0.717) is 5.75 Å². The zero-order valence-electron chi connectivity index (χ0n) is 12.5. The normalized spacial score (nSPS) is 17.2. The van der Waals surface area contributed by atoms with Gasteiger partial charge in [-0.25, -0.2) is 0 Å². The number of aromatic nitrogens is 1. The van der Waals surface area contributed by atoms with Crippen molar-refractivity contribution in [2.45, 2.75) is 26.0 Å². The van der Waals surface area contributed by atoms with Crippen molar-refractivity contribution >= 4 is 17.7 Å². The molecule has 0 radical (unpaired) electrons. The first-order chi connectivity index (χ1) is 9.58. The van der Waals surface area contributed by atoms with Crippen LogP contribution in [0.4, 0.5) is 0 Å². The van der Waals surface area contributed by atoms with E-state index in [9.17, 15) is 4.79 Å². The van der Waals surface area contributed by atoms with Crippen molar-refractivity contribution in [3.8, 4) is 0 Å². The summed E-state index contributed by atoms with van der Waals surface area (Å²) in [6.07, 6.45) is 1.07. The molecule has 1 amide bonds. The molecule has 112 valence electrons. The number of aryl methyl sites for hydroxylation is 2. The topological polar surface area (TPSA) is 49.6 Å². The highest BCUT2D eigenvalue weighted by atomic mass is 32.2. The molecule has 6 heteroatoms. The third-order valence-electron chi connectivity index (χ3n) is 3.73. The van der Waals surface area contributed by atoms with E-state index < -0.39 is 0 Å². The van der Waals surface area contributed by atoms with Gasteiger partial charge in [0.1, 0.15) is 5.76 Å². The van der Waals surface area contributed by atoms with Crippen LogP contribution in [0.25, 0.3) is 0 Å². The minimum absolute atomic E-state index is 0.247. The molecule has 1 saturated heterocycles. The number of amides is 1. The molecule has 0 aromatic carbocycles. The maximum atomic E-state index is 12.2. The number of hydrogen-bond acceptors (Lipinski definition) is 5. The smallest absolute Gasteiger partial charge is 0.232 e. The van der Waals surface area contributed by atoms with Crippen LogP contribution in [0.15, 0.2) is 4.52 Å². The first-order valence-electron chi connectivity index (χ1n) is 7.03. The zero-order valence-corrected chi connectivity index (χ0v) is 13.3. The van der Waals surface area contributed by atoms with Crippen LogP contribution in [-0.2, 0) is 10.5 Å². The summed E-state index contributed by atoms with van der Waals surface area (Å²) in [5.41, 5.74) is 2.05. The van der Waals surface area contributed by atoms with Crippen molar-refractivity contribution < 1.29 is 9.32 Å². The highest BCUT2D eigenvalue weighted by Crippen LogP contribution is 2.19. The second-order valence-corrected chi connectivity index (χ2v) is 6.32. The standard InChI is InChI=1S/C14H23N3O2S/c1-11-13(12(2)19-15-11)9-20-10-14(18)17-6-4-5-16(3)7-8-17/h4-10H2,1-3H3. The second-order valence-electron chi connectivity index (χ2n) is 5.33. The molecule has 0 bridgehead atoms. The number of rotatable bonds is 4. The molecule has 5 nitrogen and oxygen atoms in total. The lowest BCUT2D eigenvalue weighted by molar-refractivity contribution is -0.128. The molecule has 0 aliphatic carbocycles. The fourth-order valence-electron chi connectivity index (χ4n) is 2.34. The van der Waals surface area contributed by atoms with Gasteiger partial charge in [-0.2, -0.15) is 0 Å². The minimum atomic E-state index is 0.247. The summed E-state index contributed by atoms with van der Waals surface area (Å²) in [4.78, 5) is 16.5. The van der Waals surface area contributed by atoms with Crippen molar-refractivity contribution in [1.29, 1.82) is 0 Å². The Balaban J connectivity index is 1.77. The molecule has 0 spiro atoms. The second kappa shape index (κ2) is 7.13. The van der Waals surface area contributed by atoms with Gasteiger partial charge in [-0.05, 0) is 33.9 Å². The average Bonchev–Trinajstić information content (AvgIpc) is 2.63. The first-order valence-corrected chi connectivity index (χ1v) is 8.19. The van der Waals surface area contributed by atoms with Crippen molar-refractivity contribution in [1.82, 2.24) is 15.0 Å². The SMILES string of the molecule is Cc1noc(C)c1CSCC(=O)N1CCCN(C)CC1. The molecule has 1 aromatic rings. The Bertz CT molecular complexity index is 442. The quantitative estimate of drug-likeness (QED) is 0.846. The Kier molecular flexibility index (Phi) is 5.48. The summed E-state index contributed by atoms with van der Waals surface area (Å²) >= 11 is 1.64. The molecule has 1 aliphatic rings. The number of nitrogens with zero attached hydrogens (tertiary/aromatic N) is 3. The van der Waals surface area contributed by atoms with Gasteiger partial charge in [0.15, 0.2) is 0 Å². The fraction of sp³-hybridized carbons (Fsp3) is 0.714. The van der Waals surface area contributed by atoms with Crippen LogP contribution in [0.5, 0.6) is 0 Å². The van der Waals surface area contributed by atoms with Gasteiger partial charge in [-0.15, -0.1) is 11.8 Å². The molecule has 1 fully saturated rings. The lowest BCUT2D eigenvalue weighted by Crippen LogP contribution is -2.35. The maximum absolute atomic E-state index is 12.2. The van der Waals surface area contributed by atoms with Crippen molar-refractivity contribution in [3.05, 3.63) is 17.0 Å². The number of hydrogen-bond donors (Lipinski definition) is 0. The molecule has 2 heterocycles. The van der Waals surface area contributed by atoms with Crippen LogP contribution >= 0.6 is 11.8 Å². The summed E-state index contributed by atoms with van der Waals surface area (Å²) in [7, 11) is 2.11. The van der Waals surface area contributed by atoms with E-state index in [2.05, 4.69) is 17.1 Å². The molecule has 0 saturated carbocycles. The Morgan fingerprint density at radius 2 is 2.10 bits per heavy atom. The van der Waals surface area contributed by atoms with E-state index in [1.54, 1.807) is 11.8 Å². The summed E-state index contributed by atoms with van der Waals surface area (Å²) in [6, 6.07) is 0. The Hall–Kier alpha value is -1.01. The number of carbonyl (C=O) groups is 1. The molecule has 2 rings (SSSR count). The highest BCUT2D eigenvalue weighted by Gasteiger charge is 2.17. The third kappa shape index (κ3) is 3.99. The molecular formula is C14H23N3O2S. The van der Waals surface area contributed by atoms with Gasteiger partial charge in [-0.1, -0.05) is 5.16 Å². The zero-order chi connectivity index (χ0) is 14.5. The predicted octanol–water partition coefficient (Wildman–Crippen LogP) is 1.69. The number of likely N-dealkylation sites (N-methyl/N-ethyl adjacent to an activating group) is 1. The minimum Gasteiger partial charge on any atom is -0.361 e. The maximum Gasteiger partial charge on any atom is 0.232 e. The van der Waals surface area contributed by atoms with E-state index in [1.165, 1.54) is 0 Å². The van der Waals surface area contributed by atoms with Crippen LogP contribution in [0.1, 0.15) is 23.4 Å². The molecule has 0 atom stereocenters. The Morgan fingerprint density at radius 1 is 1.30 bits per heavy atom. The predicted molar refractivity (Wildman–Crippen MR) is 80.8 cm³/mol. The van der Waals surface area contributed by atoms with Gasteiger partial charge in [0.25, 0.3) is 0 Å². The number of carbonyl (C=O) groups excluding carboxylic acids is 1. The van der Waals surface area contributed by atoms with Crippen LogP contribution in [0.3, 0.4) is 0 Å².